The first kappa shape index (κ1) is 27.5. The van der Waals surface area contributed by atoms with Crippen molar-refractivity contribution in [2.75, 3.05) is 30.4 Å². The van der Waals surface area contributed by atoms with E-state index in [1.54, 1.807) is 20.8 Å². The Bertz CT molecular complexity index is 1220. The van der Waals surface area contributed by atoms with Gasteiger partial charge in [-0.3, -0.25) is 0 Å². The number of para-hydroxylation sites is 1. The monoisotopic (exact) mass is 541 g/mol. The largest absolute Gasteiger partial charge is 0.411 e. The van der Waals surface area contributed by atoms with Crippen LogP contribution in [-0.4, -0.2) is 73.6 Å². The van der Waals surface area contributed by atoms with Crippen molar-refractivity contribution in [2.45, 2.75) is 57.2 Å². The number of nitrogens with zero attached hydrogens (tertiary/aromatic N) is 3. The zero-order valence-corrected chi connectivity index (χ0v) is 21.4. The van der Waals surface area contributed by atoms with Gasteiger partial charge in [0.25, 0.3) is 0 Å². The first-order chi connectivity index (χ1) is 17.3. The number of alkyl halides is 3. The number of fused-ring (bicyclic) bond motifs is 1. The number of rotatable bonds is 9. The standard InChI is InChI=1S/C24H30F3N5O4S/c1-13-17(20-30-15-6-4-5-7-16(15)37-20)19(31-21(29-13)28-10-11-36-12-24(25,26)27)32-23(35)9-8-14(18(23)33)22(2,3)34/h4-7,14,18,33-35H,8-12H2,1-3H3,(H2,28,29,31,32)/t14-,18+,23+/m0/s1. The molecular formula is C24H30F3N5O4S. The van der Waals surface area contributed by atoms with Gasteiger partial charge >= 0.3 is 6.18 Å². The maximum Gasteiger partial charge on any atom is 0.411 e. The highest BCUT2D eigenvalue weighted by atomic mass is 32.1. The molecule has 4 rings (SSSR count). The molecule has 0 aliphatic heterocycles. The van der Waals surface area contributed by atoms with Gasteiger partial charge in [-0.15, -0.1) is 11.3 Å². The van der Waals surface area contributed by atoms with Crippen LogP contribution in [0.15, 0.2) is 24.3 Å². The molecule has 0 amide bonds. The van der Waals surface area contributed by atoms with Crippen molar-refractivity contribution in [3.63, 3.8) is 0 Å². The number of ether oxygens (including phenoxy) is 1. The Hall–Kier alpha value is -2.58. The van der Waals surface area contributed by atoms with Gasteiger partial charge in [0.15, 0.2) is 5.72 Å². The molecule has 3 atom stereocenters. The summed E-state index contributed by atoms with van der Waals surface area (Å²) in [6.45, 7) is 3.33. The molecule has 9 nitrogen and oxygen atoms in total. The zero-order chi connectivity index (χ0) is 27.0. The molecule has 0 bridgehead atoms. The van der Waals surface area contributed by atoms with Crippen LogP contribution < -0.4 is 10.6 Å². The lowest BCUT2D eigenvalue weighted by atomic mass is 9.87. The smallest absolute Gasteiger partial charge is 0.390 e. The fourth-order valence-corrected chi connectivity index (χ4v) is 5.56. The summed E-state index contributed by atoms with van der Waals surface area (Å²) in [5, 5.41) is 39.2. The molecule has 3 aromatic rings. The fourth-order valence-electron chi connectivity index (χ4n) is 4.50. The van der Waals surface area contributed by atoms with Crippen LogP contribution in [0.5, 0.6) is 0 Å². The van der Waals surface area contributed by atoms with Gasteiger partial charge < -0.3 is 30.7 Å². The van der Waals surface area contributed by atoms with E-state index in [1.807, 2.05) is 24.3 Å². The van der Waals surface area contributed by atoms with Crippen molar-refractivity contribution in [1.29, 1.82) is 0 Å². The van der Waals surface area contributed by atoms with Crippen LogP contribution in [0.1, 0.15) is 32.4 Å². The second-order valence-corrected chi connectivity index (χ2v) is 10.8. The van der Waals surface area contributed by atoms with Gasteiger partial charge in [-0.1, -0.05) is 12.1 Å². The van der Waals surface area contributed by atoms with E-state index in [2.05, 4.69) is 30.3 Å². The van der Waals surface area contributed by atoms with Crippen LogP contribution >= 0.6 is 11.3 Å². The second kappa shape index (κ2) is 10.3. The highest BCUT2D eigenvalue weighted by Crippen LogP contribution is 2.43. The molecule has 0 radical (unpaired) electrons. The van der Waals surface area contributed by atoms with E-state index in [0.717, 1.165) is 10.2 Å². The third kappa shape index (κ3) is 6.29. The van der Waals surface area contributed by atoms with Crippen molar-refractivity contribution in [2.24, 2.45) is 5.92 Å². The van der Waals surface area contributed by atoms with Crippen molar-refractivity contribution < 1.29 is 33.2 Å². The van der Waals surface area contributed by atoms with Gasteiger partial charge in [-0.05, 0) is 45.7 Å². The average molecular weight is 542 g/mol. The van der Waals surface area contributed by atoms with Gasteiger partial charge in [0.05, 0.1) is 33.7 Å². The molecule has 1 aliphatic carbocycles. The third-order valence-corrected chi connectivity index (χ3v) is 7.40. The number of anilines is 2. The first-order valence-corrected chi connectivity index (χ1v) is 12.6. The predicted octanol–water partition coefficient (Wildman–Crippen LogP) is 3.69. The van der Waals surface area contributed by atoms with Gasteiger partial charge in [0.2, 0.25) is 5.95 Å². The molecule has 0 saturated heterocycles. The highest BCUT2D eigenvalue weighted by molar-refractivity contribution is 7.21. The minimum atomic E-state index is -4.42. The normalized spacial score (nSPS) is 22.5. The number of thiazole rings is 1. The van der Waals surface area contributed by atoms with Crippen LogP contribution in [0.3, 0.4) is 0 Å². The van der Waals surface area contributed by atoms with Crippen LogP contribution in [0, 0.1) is 12.8 Å². The van der Waals surface area contributed by atoms with Gasteiger partial charge in [0, 0.05) is 12.5 Å². The second-order valence-electron chi connectivity index (χ2n) is 9.73. The number of benzene rings is 1. The van der Waals surface area contributed by atoms with Gasteiger partial charge in [0.1, 0.15) is 23.5 Å². The number of hydrogen-bond acceptors (Lipinski definition) is 10. The van der Waals surface area contributed by atoms with Gasteiger partial charge in [-0.2, -0.15) is 18.2 Å². The molecule has 0 spiro atoms. The highest BCUT2D eigenvalue weighted by Gasteiger charge is 2.52. The van der Waals surface area contributed by atoms with E-state index < -0.39 is 36.1 Å². The zero-order valence-electron chi connectivity index (χ0n) is 20.6. The molecule has 0 unspecified atom stereocenters. The molecule has 1 aromatic carbocycles. The number of halogens is 3. The van der Waals surface area contributed by atoms with E-state index in [1.165, 1.54) is 11.3 Å². The quantitative estimate of drug-likeness (QED) is 0.203. The maximum absolute atomic E-state index is 12.3. The van der Waals surface area contributed by atoms with Crippen LogP contribution in [0.25, 0.3) is 20.8 Å². The molecular weight excluding hydrogens is 511 g/mol. The number of aromatic nitrogens is 3. The molecule has 202 valence electrons. The van der Waals surface area contributed by atoms with Gasteiger partial charge in [-0.25, -0.2) is 9.97 Å². The Morgan fingerprint density at radius 2 is 1.92 bits per heavy atom. The van der Waals surface area contributed by atoms with E-state index in [9.17, 15) is 28.5 Å². The third-order valence-electron chi connectivity index (χ3n) is 6.34. The Kier molecular flexibility index (Phi) is 7.64. The molecule has 1 saturated carbocycles. The summed E-state index contributed by atoms with van der Waals surface area (Å²) in [4.78, 5) is 13.6. The van der Waals surface area contributed by atoms with E-state index >= 15 is 0 Å². The molecule has 13 heteroatoms. The van der Waals surface area contributed by atoms with Crippen LogP contribution in [-0.2, 0) is 4.74 Å². The summed E-state index contributed by atoms with van der Waals surface area (Å²) in [6, 6.07) is 7.57. The lowest BCUT2D eigenvalue weighted by Gasteiger charge is -2.34. The molecule has 2 aromatic heterocycles. The number of nitrogens with one attached hydrogen (secondary N) is 2. The topological polar surface area (TPSA) is 133 Å². The molecule has 1 aliphatic rings. The summed E-state index contributed by atoms with van der Waals surface area (Å²) < 4.78 is 42.5. The Morgan fingerprint density at radius 1 is 1.19 bits per heavy atom. The summed E-state index contributed by atoms with van der Waals surface area (Å²) in [5.41, 5.74) is -1.20. The van der Waals surface area contributed by atoms with Crippen LogP contribution in [0.2, 0.25) is 0 Å². The van der Waals surface area contributed by atoms with E-state index in [4.69, 9.17) is 0 Å². The predicted molar refractivity (Wildman–Crippen MR) is 134 cm³/mol. The minimum absolute atomic E-state index is 0.0170. The minimum Gasteiger partial charge on any atom is -0.390 e. The Balaban J connectivity index is 1.65. The number of aliphatic hydroxyl groups excluding tert-OH is 1. The van der Waals surface area contributed by atoms with E-state index in [-0.39, 0.29) is 31.3 Å². The summed E-state index contributed by atoms with van der Waals surface area (Å²) >= 11 is 1.41. The SMILES string of the molecule is Cc1nc(NCCOCC(F)(F)F)nc(N[C@@]2(O)CC[C@H](C(C)(C)O)[C@H]2O)c1-c1nc2ccccc2s1. The molecule has 2 heterocycles. The summed E-state index contributed by atoms with van der Waals surface area (Å²) in [6.07, 6.45) is -5.19. The molecule has 1 fully saturated rings. The fraction of sp³-hybridized carbons (Fsp3) is 0.542. The Morgan fingerprint density at radius 3 is 2.57 bits per heavy atom. The van der Waals surface area contributed by atoms with Crippen molar-refractivity contribution >= 4 is 33.3 Å². The molecule has 37 heavy (non-hydrogen) atoms. The number of aryl methyl sites for hydroxylation is 1. The summed E-state index contributed by atoms with van der Waals surface area (Å²) in [7, 11) is 0. The number of hydrogen-bond donors (Lipinski definition) is 5. The Labute approximate surface area is 215 Å². The van der Waals surface area contributed by atoms with Crippen molar-refractivity contribution in [3.05, 3.63) is 30.0 Å². The number of aliphatic hydroxyl groups is 3. The average Bonchev–Trinajstić information content (AvgIpc) is 3.33. The lowest BCUT2D eigenvalue weighted by molar-refractivity contribution is -0.172. The van der Waals surface area contributed by atoms with Crippen LogP contribution in [0.4, 0.5) is 24.9 Å². The van der Waals surface area contributed by atoms with Crippen molar-refractivity contribution in [1.82, 2.24) is 15.0 Å². The van der Waals surface area contributed by atoms with Crippen molar-refractivity contribution in [3.8, 4) is 10.6 Å². The lowest BCUT2D eigenvalue weighted by Crippen LogP contribution is -2.51. The maximum atomic E-state index is 12.3. The summed E-state index contributed by atoms with van der Waals surface area (Å²) in [5.74, 6) is -0.277. The van der Waals surface area contributed by atoms with E-state index in [0.29, 0.717) is 22.7 Å². The first-order valence-electron chi connectivity index (χ1n) is 11.8. The molecule has 5 N–H and O–H groups in total.